The molecule has 0 amide bonds. The maximum atomic E-state index is 10.7. The van der Waals surface area contributed by atoms with E-state index in [1.165, 1.54) is 0 Å². The normalized spacial score (nSPS) is 18.8. The van der Waals surface area contributed by atoms with E-state index in [0.29, 0.717) is 5.02 Å². The Kier molecular flexibility index (Phi) is 1.65. The molecular weight excluding hydrogens is 174 g/mol. The molecule has 1 aromatic heterocycles. The standard InChI is InChI=1S/C9H8ClNO/c10-7-1-2-8(11-5-7)9(6-12)3-4-9/h1-2,5-6H,3-4H2. The number of hydrogen-bond acceptors (Lipinski definition) is 2. The molecule has 0 unspecified atom stereocenters. The quantitative estimate of drug-likeness (QED) is 0.653. The Bertz CT molecular complexity index is 303. The van der Waals surface area contributed by atoms with Crippen LogP contribution < -0.4 is 0 Å². The van der Waals surface area contributed by atoms with Crippen LogP contribution >= 0.6 is 11.6 Å². The van der Waals surface area contributed by atoms with Gasteiger partial charge in [-0.3, -0.25) is 4.98 Å². The van der Waals surface area contributed by atoms with Gasteiger partial charge in [-0.05, 0) is 25.0 Å². The Morgan fingerprint density at radius 2 is 2.25 bits per heavy atom. The van der Waals surface area contributed by atoms with E-state index in [1.807, 2.05) is 6.07 Å². The highest BCUT2D eigenvalue weighted by atomic mass is 35.5. The first-order valence-electron chi connectivity index (χ1n) is 3.85. The van der Waals surface area contributed by atoms with Crippen molar-refractivity contribution in [2.75, 3.05) is 0 Å². The van der Waals surface area contributed by atoms with Crippen LogP contribution in [0.25, 0.3) is 0 Å². The number of pyridine rings is 1. The molecule has 0 saturated heterocycles. The van der Waals surface area contributed by atoms with Gasteiger partial charge in [0.25, 0.3) is 0 Å². The van der Waals surface area contributed by atoms with Crippen LogP contribution in [0.3, 0.4) is 0 Å². The Hall–Kier alpha value is -0.890. The highest BCUT2D eigenvalue weighted by Crippen LogP contribution is 2.45. The topological polar surface area (TPSA) is 30.0 Å². The molecule has 0 aliphatic heterocycles. The van der Waals surface area contributed by atoms with E-state index in [4.69, 9.17) is 11.6 Å². The lowest BCUT2D eigenvalue weighted by atomic mass is 10.0. The second-order valence-corrected chi connectivity index (χ2v) is 3.57. The van der Waals surface area contributed by atoms with Crippen LogP contribution in [0.15, 0.2) is 18.3 Å². The lowest BCUT2D eigenvalue weighted by Crippen LogP contribution is -2.09. The number of rotatable bonds is 2. The summed E-state index contributed by atoms with van der Waals surface area (Å²) in [7, 11) is 0. The van der Waals surface area contributed by atoms with Crippen LogP contribution in [0, 0.1) is 0 Å². The fourth-order valence-electron chi connectivity index (χ4n) is 1.24. The lowest BCUT2D eigenvalue weighted by Gasteiger charge is -2.04. The molecule has 0 aromatic carbocycles. The summed E-state index contributed by atoms with van der Waals surface area (Å²) < 4.78 is 0. The predicted molar refractivity (Wildman–Crippen MR) is 46.2 cm³/mol. The Balaban J connectivity index is 2.35. The molecule has 2 rings (SSSR count). The molecule has 1 aliphatic rings. The van der Waals surface area contributed by atoms with Crippen molar-refractivity contribution in [3.8, 4) is 0 Å². The van der Waals surface area contributed by atoms with Crippen LogP contribution in [-0.2, 0) is 10.2 Å². The van der Waals surface area contributed by atoms with Crippen molar-refractivity contribution in [2.24, 2.45) is 0 Å². The van der Waals surface area contributed by atoms with Gasteiger partial charge >= 0.3 is 0 Å². The summed E-state index contributed by atoms with van der Waals surface area (Å²) in [4.78, 5) is 14.8. The SMILES string of the molecule is O=CC1(c2ccc(Cl)cn2)CC1. The number of hydrogen-bond donors (Lipinski definition) is 0. The average molecular weight is 182 g/mol. The van der Waals surface area contributed by atoms with E-state index in [9.17, 15) is 4.79 Å². The van der Waals surface area contributed by atoms with E-state index >= 15 is 0 Å². The fraction of sp³-hybridized carbons (Fsp3) is 0.333. The molecule has 1 saturated carbocycles. The summed E-state index contributed by atoms with van der Waals surface area (Å²) in [6.07, 6.45) is 4.42. The molecule has 1 heterocycles. The number of carbonyl (C=O) groups is 1. The molecule has 1 fully saturated rings. The summed E-state index contributed by atoms with van der Waals surface area (Å²) in [5, 5.41) is 0.612. The summed E-state index contributed by atoms with van der Waals surface area (Å²) in [5.41, 5.74) is 0.576. The highest BCUT2D eigenvalue weighted by molar-refractivity contribution is 6.30. The molecule has 0 radical (unpaired) electrons. The summed E-state index contributed by atoms with van der Waals surface area (Å²) >= 11 is 5.67. The van der Waals surface area contributed by atoms with Crippen LogP contribution in [-0.4, -0.2) is 11.3 Å². The van der Waals surface area contributed by atoms with Gasteiger partial charge in [-0.1, -0.05) is 11.6 Å². The van der Waals surface area contributed by atoms with Gasteiger partial charge in [-0.2, -0.15) is 0 Å². The average Bonchev–Trinajstić information content (AvgIpc) is 2.86. The fourth-order valence-corrected chi connectivity index (χ4v) is 1.35. The smallest absolute Gasteiger partial charge is 0.132 e. The van der Waals surface area contributed by atoms with E-state index < -0.39 is 0 Å². The van der Waals surface area contributed by atoms with E-state index in [0.717, 1.165) is 24.8 Å². The first-order valence-corrected chi connectivity index (χ1v) is 4.23. The minimum absolute atomic E-state index is 0.273. The van der Waals surface area contributed by atoms with Crippen molar-refractivity contribution in [3.05, 3.63) is 29.0 Å². The van der Waals surface area contributed by atoms with Crippen molar-refractivity contribution < 1.29 is 4.79 Å². The summed E-state index contributed by atoms with van der Waals surface area (Å²) in [6, 6.07) is 3.59. The summed E-state index contributed by atoms with van der Waals surface area (Å²) in [6.45, 7) is 0. The van der Waals surface area contributed by atoms with E-state index in [2.05, 4.69) is 4.98 Å². The molecule has 1 aromatic rings. The first-order chi connectivity index (χ1) is 5.77. The van der Waals surface area contributed by atoms with Crippen LogP contribution in [0.2, 0.25) is 5.02 Å². The molecule has 12 heavy (non-hydrogen) atoms. The third-order valence-corrected chi connectivity index (χ3v) is 2.48. The third kappa shape index (κ3) is 1.12. The Morgan fingerprint density at radius 3 is 2.67 bits per heavy atom. The maximum Gasteiger partial charge on any atom is 0.132 e. The zero-order valence-corrected chi connectivity index (χ0v) is 7.21. The minimum Gasteiger partial charge on any atom is -0.302 e. The largest absolute Gasteiger partial charge is 0.302 e. The second-order valence-electron chi connectivity index (χ2n) is 3.14. The van der Waals surface area contributed by atoms with Crippen molar-refractivity contribution in [3.63, 3.8) is 0 Å². The molecule has 2 nitrogen and oxygen atoms in total. The number of aromatic nitrogens is 1. The molecule has 1 aliphatic carbocycles. The third-order valence-electron chi connectivity index (χ3n) is 2.25. The predicted octanol–water partition coefficient (Wildman–Crippen LogP) is 1.97. The van der Waals surface area contributed by atoms with Crippen molar-refractivity contribution >= 4 is 17.9 Å². The van der Waals surface area contributed by atoms with Crippen molar-refractivity contribution in [1.82, 2.24) is 4.98 Å². The van der Waals surface area contributed by atoms with Gasteiger partial charge in [0.15, 0.2) is 0 Å². The number of carbonyl (C=O) groups excluding carboxylic acids is 1. The van der Waals surface area contributed by atoms with Gasteiger partial charge in [0.1, 0.15) is 6.29 Å². The number of nitrogens with zero attached hydrogens (tertiary/aromatic N) is 1. The van der Waals surface area contributed by atoms with E-state index in [-0.39, 0.29) is 5.41 Å². The zero-order valence-electron chi connectivity index (χ0n) is 6.46. The van der Waals surface area contributed by atoms with Gasteiger partial charge in [0.2, 0.25) is 0 Å². The van der Waals surface area contributed by atoms with Crippen molar-refractivity contribution in [1.29, 1.82) is 0 Å². The highest BCUT2D eigenvalue weighted by Gasteiger charge is 2.45. The van der Waals surface area contributed by atoms with Gasteiger partial charge in [0.05, 0.1) is 16.1 Å². The van der Waals surface area contributed by atoms with Crippen molar-refractivity contribution in [2.45, 2.75) is 18.3 Å². The summed E-state index contributed by atoms with van der Waals surface area (Å²) in [5.74, 6) is 0. The molecule has 0 atom stereocenters. The molecule has 0 spiro atoms. The molecular formula is C9H8ClNO. The zero-order chi connectivity index (χ0) is 8.60. The first kappa shape index (κ1) is 7.74. The number of aldehydes is 1. The van der Waals surface area contributed by atoms with Crippen LogP contribution in [0.4, 0.5) is 0 Å². The van der Waals surface area contributed by atoms with Gasteiger partial charge < -0.3 is 4.79 Å². The number of halogens is 1. The molecule has 0 N–H and O–H groups in total. The van der Waals surface area contributed by atoms with E-state index in [1.54, 1.807) is 12.3 Å². The van der Waals surface area contributed by atoms with Gasteiger partial charge in [-0.15, -0.1) is 0 Å². The van der Waals surface area contributed by atoms with Crippen LogP contribution in [0.1, 0.15) is 18.5 Å². The van der Waals surface area contributed by atoms with Gasteiger partial charge in [0, 0.05) is 6.20 Å². The Morgan fingerprint density at radius 1 is 1.50 bits per heavy atom. The molecule has 0 bridgehead atoms. The maximum absolute atomic E-state index is 10.7. The van der Waals surface area contributed by atoms with Crippen LogP contribution in [0.5, 0.6) is 0 Å². The van der Waals surface area contributed by atoms with Gasteiger partial charge in [-0.25, -0.2) is 0 Å². The monoisotopic (exact) mass is 181 g/mol. The second kappa shape index (κ2) is 2.56. The minimum atomic E-state index is -0.273. The molecule has 3 heteroatoms. The molecule has 62 valence electrons. The Labute approximate surface area is 75.6 Å². The lowest BCUT2D eigenvalue weighted by molar-refractivity contribution is -0.109.